The summed E-state index contributed by atoms with van der Waals surface area (Å²) < 4.78 is 5.86. The zero-order valence-corrected chi connectivity index (χ0v) is 12.4. The third kappa shape index (κ3) is 1.26. The zero-order valence-electron chi connectivity index (χ0n) is 12.4. The first kappa shape index (κ1) is 12.5. The molecule has 2 fully saturated rings. The summed E-state index contributed by atoms with van der Waals surface area (Å²) in [7, 11) is 0. The van der Waals surface area contributed by atoms with Gasteiger partial charge >= 0.3 is 0 Å². The van der Waals surface area contributed by atoms with Crippen molar-refractivity contribution in [3.8, 4) is 0 Å². The van der Waals surface area contributed by atoms with Gasteiger partial charge in [-0.3, -0.25) is 0 Å². The summed E-state index contributed by atoms with van der Waals surface area (Å²) in [6.45, 7) is 0. The molecule has 1 saturated heterocycles. The van der Waals surface area contributed by atoms with Gasteiger partial charge in [0.15, 0.2) is 0 Å². The molecule has 6 atom stereocenters. The number of aliphatic hydroxyl groups excluding tert-OH is 2. The van der Waals surface area contributed by atoms with E-state index in [2.05, 4.69) is 54.6 Å². The van der Waals surface area contributed by atoms with Gasteiger partial charge in [0.1, 0.15) is 18.3 Å². The fraction of sp³-hybridized carbons (Fsp3) is 0.300. The molecule has 114 valence electrons. The smallest absolute Gasteiger partial charge is 0.114 e. The average Bonchev–Trinajstić information content (AvgIpc) is 3.38. The summed E-state index contributed by atoms with van der Waals surface area (Å²) in [5.74, 6) is -0.162. The normalized spacial score (nSPS) is 41.6. The van der Waals surface area contributed by atoms with E-state index in [0.717, 1.165) is 5.22 Å². The van der Waals surface area contributed by atoms with Gasteiger partial charge in [-0.15, -0.1) is 0 Å². The highest BCUT2D eigenvalue weighted by Crippen LogP contribution is 2.56. The topological polar surface area (TPSA) is 53.0 Å². The van der Waals surface area contributed by atoms with Crippen LogP contribution in [-0.2, 0) is 10.2 Å². The molecule has 23 heavy (non-hydrogen) atoms. The standard InChI is InChI=1S/C20H16O3/c21-16-13-9-12-4-1-3-10-6-7-11-5-2-8-20(13,15(11)14(10)12)19-18(23-19)17(16)22/h1-9,13,16-19,21-22H. The van der Waals surface area contributed by atoms with Gasteiger partial charge in [0, 0.05) is 5.92 Å². The molecule has 3 aliphatic carbocycles. The molecule has 0 aromatic heterocycles. The molecular formula is C20H16O3. The van der Waals surface area contributed by atoms with Crippen molar-refractivity contribution in [1.82, 2.24) is 0 Å². The number of hydrogen-bond donors (Lipinski definition) is 2. The third-order valence-electron chi connectivity index (χ3n) is 6.15. The maximum atomic E-state index is 10.8. The first-order valence-electron chi connectivity index (χ1n) is 8.17. The van der Waals surface area contributed by atoms with E-state index < -0.39 is 12.2 Å². The summed E-state index contributed by atoms with van der Waals surface area (Å²) in [6.07, 6.45) is 6.61. The molecule has 0 bridgehead atoms. The molecule has 1 aliphatic heterocycles. The Hall–Kier alpha value is -1.94. The summed E-state index contributed by atoms with van der Waals surface area (Å²) in [4.78, 5) is 0. The average molecular weight is 304 g/mol. The van der Waals surface area contributed by atoms with Gasteiger partial charge in [0.05, 0.1) is 11.5 Å². The molecule has 6 unspecified atom stereocenters. The molecule has 4 aliphatic rings. The lowest BCUT2D eigenvalue weighted by molar-refractivity contribution is -0.0364. The fourth-order valence-corrected chi connectivity index (χ4v) is 5.15. The minimum Gasteiger partial charge on any atom is -0.390 e. The Bertz CT molecular complexity index is 1020. The molecule has 1 saturated carbocycles. The zero-order chi connectivity index (χ0) is 15.3. The van der Waals surface area contributed by atoms with Gasteiger partial charge in [-0.2, -0.15) is 0 Å². The van der Waals surface area contributed by atoms with E-state index in [1.54, 1.807) is 0 Å². The molecule has 0 radical (unpaired) electrons. The van der Waals surface area contributed by atoms with Gasteiger partial charge in [-0.05, 0) is 26.8 Å². The molecule has 3 nitrogen and oxygen atoms in total. The van der Waals surface area contributed by atoms with Crippen LogP contribution >= 0.6 is 0 Å². The van der Waals surface area contributed by atoms with Crippen molar-refractivity contribution in [2.24, 2.45) is 5.92 Å². The summed E-state index contributed by atoms with van der Waals surface area (Å²) >= 11 is 0. The van der Waals surface area contributed by atoms with E-state index in [1.165, 1.54) is 21.6 Å². The molecule has 2 aromatic rings. The Balaban J connectivity index is 1.83. The van der Waals surface area contributed by atoms with Crippen molar-refractivity contribution in [3.63, 3.8) is 0 Å². The maximum Gasteiger partial charge on any atom is 0.114 e. The van der Waals surface area contributed by atoms with E-state index in [0.29, 0.717) is 0 Å². The Morgan fingerprint density at radius 1 is 1.00 bits per heavy atom. The highest BCUT2D eigenvalue weighted by atomic mass is 16.6. The van der Waals surface area contributed by atoms with Crippen molar-refractivity contribution in [1.29, 1.82) is 0 Å². The van der Waals surface area contributed by atoms with E-state index in [1.807, 2.05) is 0 Å². The van der Waals surface area contributed by atoms with Crippen LogP contribution in [0.5, 0.6) is 0 Å². The molecular weight excluding hydrogens is 288 g/mol. The van der Waals surface area contributed by atoms with Crippen LogP contribution in [0.4, 0.5) is 0 Å². The Morgan fingerprint density at radius 3 is 2.83 bits per heavy atom. The summed E-state index contributed by atoms with van der Waals surface area (Å²) in [5, 5.41) is 25.9. The minimum absolute atomic E-state index is 0.0511. The Labute approximate surface area is 132 Å². The van der Waals surface area contributed by atoms with Crippen molar-refractivity contribution < 1.29 is 14.9 Å². The fourth-order valence-electron chi connectivity index (χ4n) is 5.15. The first-order valence-corrected chi connectivity index (χ1v) is 8.17. The predicted octanol–water partition coefficient (Wildman–Crippen LogP) is 0.341. The minimum atomic E-state index is -0.807. The second-order valence-corrected chi connectivity index (χ2v) is 7.13. The lowest BCUT2D eigenvalue weighted by Crippen LogP contribution is -2.58. The third-order valence-corrected chi connectivity index (χ3v) is 6.15. The van der Waals surface area contributed by atoms with Crippen LogP contribution in [0.1, 0.15) is 5.56 Å². The monoisotopic (exact) mass is 304 g/mol. The van der Waals surface area contributed by atoms with Crippen molar-refractivity contribution in [3.05, 3.63) is 58.5 Å². The number of allylic oxidation sites excluding steroid dienone is 1. The summed E-state index contributed by atoms with van der Waals surface area (Å²) in [6, 6.07) is 10.6. The number of rotatable bonds is 0. The number of epoxide rings is 1. The van der Waals surface area contributed by atoms with E-state index >= 15 is 0 Å². The van der Waals surface area contributed by atoms with E-state index in [-0.39, 0.29) is 23.5 Å². The molecule has 1 spiro atoms. The maximum absolute atomic E-state index is 10.8. The number of ether oxygens (including phenoxy) is 1. The number of benzene rings is 2. The van der Waals surface area contributed by atoms with Crippen molar-refractivity contribution in [2.75, 3.05) is 0 Å². The van der Waals surface area contributed by atoms with Crippen LogP contribution in [0.3, 0.4) is 0 Å². The SMILES string of the molecule is OC1C(O)C2C=c3cccc4ccc5c(c34)C2(C=CC=5)C2OC12. The molecule has 3 heteroatoms. The van der Waals surface area contributed by atoms with Gasteiger partial charge in [-0.1, -0.05) is 54.6 Å². The highest BCUT2D eigenvalue weighted by Gasteiger charge is 2.68. The highest BCUT2D eigenvalue weighted by molar-refractivity contribution is 5.91. The molecule has 0 amide bonds. The molecule has 2 aromatic carbocycles. The van der Waals surface area contributed by atoms with E-state index in [9.17, 15) is 10.2 Å². The van der Waals surface area contributed by atoms with Crippen LogP contribution in [-0.4, -0.2) is 34.6 Å². The largest absolute Gasteiger partial charge is 0.390 e. The van der Waals surface area contributed by atoms with Crippen LogP contribution in [0.2, 0.25) is 0 Å². The molecule has 1 heterocycles. The molecule has 2 N–H and O–H groups in total. The van der Waals surface area contributed by atoms with Crippen molar-refractivity contribution in [2.45, 2.75) is 29.8 Å². The Morgan fingerprint density at radius 2 is 1.91 bits per heavy atom. The van der Waals surface area contributed by atoms with Crippen LogP contribution < -0.4 is 10.4 Å². The lowest BCUT2D eigenvalue weighted by Gasteiger charge is -2.46. The van der Waals surface area contributed by atoms with Gasteiger partial charge < -0.3 is 14.9 Å². The lowest BCUT2D eigenvalue weighted by atomic mass is 9.56. The summed E-state index contributed by atoms with van der Waals surface area (Å²) in [5.41, 5.74) is 0.903. The van der Waals surface area contributed by atoms with Crippen LogP contribution in [0.15, 0.2) is 42.5 Å². The van der Waals surface area contributed by atoms with Crippen molar-refractivity contribution >= 4 is 22.9 Å². The van der Waals surface area contributed by atoms with Gasteiger partial charge in [-0.25, -0.2) is 0 Å². The van der Waals surface area contributed by atoms with Crippen LogP contribution in [0, 0.1) is 5.92 Å². The second kappa shape index (κ2) is 3.75. The second-order valence-electron chi connectivity index (χ2n) is 7.13. The number of aliphatic hydroxyl groups is 2. The van der Waals surface area contributed by atoms with Gasteiger partial charge in [0.25, 0.3) is 0 Å². The van der Waals surface area contributed by atoms with Crippen LogP contribution in [0.25, 0.3) is 22.9 Å². The number of fused-ring (bicyclic) bond motifs is 1. The molecule has 6 rings (SSSR count). The van der Waals surface area contributed by atoms with Gasteiger partial charge in [0.2, 0.25) is 0 Å². The Kier molecular flexibility index (Phi) is 2.04. The first-order chi connectivity index (χ1) is 11.2. The predicted molar refractivity (Wildman–Crippen MR) is 87.1 cm³/mol. The van der Waals surface area contributed by atoms with E-state index in [4.69, 9.17) is 4.74 Å². The number of hydrogen-bond acceptors (Lipinski definition) is 3. The quantitative estimate of drug-likeness (QED) is 0.690.